The Hall–Kier alpha value is -1.87. The maximum atomic E-state index is 5.80. The molecule has 3 heteroatoms. The van der Waals surface area contributed by atoms with Gasteiger partial charge in [0.05, 0.1) is 0 Å². The standard InChI is InChI=1S/C17H23N3/c1-14(18)12-16-8-9-17(19-13-16)20(2)11-10-15-6-4-3-5-7-15/h3-9,13-14H,10-12,18H2,1-2H3. The van der Waals surface area contributed by atoms with Gasteiger partial charge < -0.3 is 10.6 Å². The van der Waals surface area contributed by atoms with Gasteiger partial charge in [-0.2, -0.15) is 0 Å². The molecule has 0 amide bonds. The Morgan fingerprint density at radius 2 is 1.85 bits per heavy atom. The molecular formula is C17H23N3. The molecule has 0 radical (unpaired) electrons. The van der Waals surface area contributed by atoms with Crippen LogP contribution in [-0.4, -0.2) is 24.6 Å². The third-order valence-corrected chi connectivity index (χ3v) is 3.34. The van der Waals surface area contributed by atoms with E-state index in [1.807, 2.05) is 19.2 Å². The molecule has 0 aliphatic carbocycles. The number of nitrogens with zero attached hydrogens (tertiary/aromatic N) is 2. The van der Waals surface area contributed by atoms with Crippen molar-refractivity contribution in [3.05, 3.63) is 59.8 Å². The van der Waals surface area contributed by atoms with Crippen molar-refractivity contribution in [3.63, 3.8) is 0 Å². The van der Waals surface area contributed by atoms with Gasteiger partial charge in [0, 0.05) is 25.8 Å². The Balaban J connectivity index is 1.90. The van der Waals surface area contributed by atoms with Crippen LogP contribution < -0.4 is 10.6 Å². The van der Waals surface area contributed by atoms with Crippen molar-refractivity contribution in [2.75, 3.05) is 18.5 Å². The Labute approximate surface area is 121 Å². The molecule has 0 saturated heterocycles. The van der Waals surface area contributed by atoms with Gasteiger partial charge in [-0.15, -0.1) is 0 Å². The summed E-state index contributed by atoms with van der Waals surface area (Å²) in [6.45, 7) is 2.98. The van der Waals surface area contributed by atoms with Crippen molar-refractivity contribution < 1.29 is 0 Å². The molecule has 2 rings (SSSR count). The first-order valence-corrected chi connectivity index (χ1v) is 7.10. The van der Waals surface area contributed by atoms with Crippen molar-refractivity contribution in [1.29, 1.82) is 0 Å². The fraction of sp³-hybridized carbons (Fsp3) is 0.353. The van der Waals surface area contributed by atoms with Gasteiger partial charge in [0.2, 0.25) is 0 Å². The lowest BCUT2D eigenvalue weighted by Gasteiger charge is -2.18. The number of likely N-dealkylation sites (N-methyl/N-ethyl adjacent to an activating group) is 1. The summed E-state index contributed by atoms with van der Waals surface area (Å²) >= 11 is 0. The van der Waals surface area contributed by atoms with Gasteiger partial charge in [-0.05, 0) is 37.0 Å². The number of pyridine rings is 1. The van der Waals surface area contributed by atoms with Crippen molar-refractivity contribution in [2.24, 2.45) is 5.73 Å². The van der Waals surface area contributed by atoms with E-state index in [1.165, 1.54) is 11.1 Å². The first kappa shape index (κ1) is 14.5. The van der Waals surface area contributed by atoms with E-state index in [4.69, 9.17) is 5.73 Å². The van der Waals surface area contributed by atoms with Crippen molar-refractivity contribution in [1.82, 2.24) is 4.98 Å². The van der Waals surface area contributed by atoms with Crippen molar-refractivity contribution >= 4 is 5.82 Å². The summed E-state index contributed by atoms with van der Waals surface area (Å²) in [6.07, 6.45) is 3.83. The molecule has 106 valence electrons. The zero-order valence-corrected chi connectivity index (χ0v) is 12.3. The molecule has 0 saturated carbocycles. The van der Waals surface area contributed by atoms with Crippen LogP contribution >= 0.6 is 0 Å². The first-order valence-electron chi connectivity index (χ1n) is 7.10. The Bertz CT molecular complexity index is 506. The summed E-state index contributed by atoms with van der Waals surface area (Å²) in [6, 6.07) is 14.9. The monoisotopic (exact) mass is 269 g/mol. The molecule has 0 bridgehead atoms. The molecule has 1 aromatic heterocycles. The van der Waals surface area contributed by atoms with Gasteiger partial charge in [0.25, 0.3) is 0 Å². The molecule has 20 heavy (non-hydrogen) atoms. The third kappa shape index (κ3) is 4.35. The van der Waals surface area contributed by atoms with Crippen LogP contribution in [0.3, 0.4) is 0 Å². The van der Waals surface area contributed by atoms with Crippen LogP contribution in [0.2, 0.25) is 0 Å². The molecule has 1 unspecified atom stereocenters. The van der Waals surface area contributed by atoms with Gasteiger partial charge in [-0.1, -0.05) is 36.4 Å². The van der Waals surface area contributed by atoms with Crippen LogP contribution in [0.1, 0.15) is 18.1 Å². The Morgan fingerprint density at radius 1 is 1.10 bits per heavy atom. The maximum absolute atomic E-state index is 5.80. The highest BCUT2D eigenvalue weighted by molar-refractivity contribution is 5.38. The number of rotatable bonds is 6. The van der Waals surface area contributed by atoms with Crippen molar-refractivity contribution in [2.45, 2.75) is 25.8 Å². The molecule has 0 aliphatic rings. The average molecular weight is 269 g/mol. The highest BCUT2D eigenvalue weighted by Crippen LogP contribution is 2.11. The van der Waals surface area contributed by atoms with E-state index in [2.05, 4.69) is 53.3 Å². The van der Waals surface area contributed by atoms with Crippen LogP contribution in [0.5, 0.6) is 0 Å². The lowest BCUT2D eigenvalue weighted by molar-refractivity contribution is 0.735. The minimum absolute atomic E-state index is 0.179. The maximum Gasteiger partial charge on any atom is 0.128 e. The van der Waals surface area contributed by atoms with E-state index in [-0.39, 0.29) is 6.04 Å². The summed E-state index contributed by atoms with van der Waals surface area (Å²) in [7, 11) is 2.08. The van der Waals surface area contributed by atoms with Gasteiger partial charge in [-0.3, -0.25) is 0 Å². The largest absolute Gasteiger partial charge is 0.359 e. The van der Waals surface area contributed by atoms with Crippen LogP contribution in [0.15, 0.2) is 48.7 Å². The lowest BCUT2D eigenvalue weighted by atomic mass is 10.1. The summed E-state index contributed by atoms with van der Waals surface area (Å²) in [4.78, 5) is 6.70. The third-order valence-electron chi connectivity index (χ3n) is 3.34. The SMILES string of the molecule is CC(N)Cc1ccc(N(C)CCc2ccccc2)nc1. The Morgan fingerprint density at radius 3 is 2.45 bits per heavy atom. The molecule has 1 atom stereocenters. The quantitative estimate of drug-likeness (QED) is 0.876. The van der Waals surface area contributed by atoms with E-state index < -0.39 is 0 Å². The van der Waals surface area contributed by atoms with Crippen molar-refractivity contribution in [3.8, 4) is 0 Å². The average Bonchev–Trinajstić information content (AvgIpc) is 2.46. The van der Waals surface area contributed by atoms with Crippen LogP contribution in [0.4, 0.5) is 5.82 Å². The molecule has 3 nitrogen and oxygen atoms in total. The van der Waals surface area contributed by atoms with Gasteiger partial charge in [-0.25, -0.2) is 4.98 Å². The fourth-order valence-corrected chi connectivity index (χ4v) is 2.19. The molecule has 0 spiro atoms. The topological polar surface area (TPSA) is 42.1 Å². The lowest BCUT2D eigenvalue weighted by Crippen LogP contribution is -2.22. The number of benzene rings is 1. The molecule has 2 aromatic rings. The number of aromatic nitrogens is 1. The van der Waals surface area contributed by atoms with Crippen LogP contribution in [-0.2, 0) is 12.8 Å². The number of hydrogen-bond donors (Lipinski definition) is 1. The highest BCUT2D eigenvalue weighted by Gasteiger charge is 2.04. The van der Waals surface area contributed by atoms with E-state index in [0.717, 1.165) is 25.2 Å². The predicted molar refractivity (Wildman–Crippen MR) is 85.0 cm³/mol. The van der Waals surface area contributed by atoms with Gasteiger partial charge in [0.1, 0.15) is 5.82 Å². The summed E-state index contributed by atoms with van der Waals surface area (Å²) in [5.74, 6) is 1.01. The second-order valence-corrected chi connectivity index (χ2v) is 5.36. The number of nitrogens with two attached hydrogens (primary N) is 1. The minimum Gasteiger partial charge on any atom is -0.359 e. The molecular weight excluding hydrogens is 246 g/mol. The van der Waals surface area contributed by atoms with E-state index in [0.29, 0.717) is 0 Å². The summed E-state index contributed by atoms with van der Waals surface area (Å²) in [5, 5.41) is 0. The van der Waals surface area contributed by atoms with E-state index in [9.17, 15) is 0 Å². The second-order valence-electron chi connectivity index (χ2n) is 5.36. The molecule has 0 aliphatic heterocycles. The van der Waals surface area contributed by atoms with Crippen LogP contribution in [0, 0.1) is 0 Å². The van der Waals surface area contributed by atoms with Gasteiger partial charge in [0.15, 0.2) is 0 Å². The zero-order chi connectivity index (χ0) is 14.4. The van der Waals surface area contributed by atoms with Crippen LogP contribution in [0.25, 0.3) is 0 Å². The van der Waals surface area contributed by atoms with E-state index in [1.54, 1.807) is 0 Å². The molecule has 0 fully saturated rings. The number of hydrogen-bond acceptors (Lipinski definition) is 3. The normalized spacial score (nSPS) is 12.2. The molecule has 2 N–H and O–H groups in total. The zero-order valence-electron chi connectivity index (χ0n) is 12.3. The minimum atomic E-state index is 0.179. The molecule has 1 aromatic carbocycles. The first-order chi connectivity index (χ1) is 9.65. The smallest absolute Gasteiger partial charge is 0.128 e. The summed E-state index contributed by atoms with van der Waals surface area (Å²) < 4.78 is 0. The summed E-state index contributed by atoms with van der Waals surface area (Å²) in [5.41, 5.74) is 8.35. The number of anilines is 1. The highest BCUT2D eigenvalue weighted by atomic mass is 15.2. The molecule has 1 heterocycles. The predicted octanol–water partition coefficient (Wildman–Crippen LogP) is 2.65. The fourth-order valence-electron chi connectivity index (χ4n) is 2.19. The second kappa shape index (κ2) is 7.06. The van der Waals surface area contributed by atoms with E-state index >= 15 is 0 Å². The Kier molecular flexibility index (Phi) is 5.13. The van der Waals surface area contributed by atoms with Gasteiger partial charge >= 0.3 is 0 Å².